The van der Waals surface area contributed by atoms with Gasteiger partial charge in [-0.3, -0.25) is 4.79 Å². The van der Waals surface area contributed by atoms with Crippen LogP contribution in [0, 0.1) is 18.3 Å². The monoisotopic (exact) mass is 377 g/mol. The fourth-order valence-electron chi connectivity index (χ4n) is 2.47. The minimum absolute atomic E-state index is 0.235. The van der Waals surface area contributed by atoms with Gasteiger partial charge >= 0.3 is 0 Å². The van der Waals surface area contributed by atoms with Crippen molar-refractivity contribution in [3.63, 3.8) is 0 Å². The number of carbonyl (C=O) groups excluding carboxylic acids is 1. The van der Waals surface area contributed by atoms with E-state index in [1.54, 1.807) is 42.5 Å². The van der Waals surface area contributed by atoms with Crippen molar-refractivity contribution < 1.29 is 9.53 Å². The molecule has 27 heavy (non-hydrogen) atoms. The minimum atomic E-state index is -0.235. The molecule has 0 radical (unpaired) electrons. The molecule has 0 fully saturated rings. The third-order valence-electron chi connectivity index (χ3n) is 3.96. The number of aromatic nitrogens is 1. The number of nitriles is 1. The standard InChI is InChI=1S/C21H16ClN3O2/c1-14-10-18(22)8-6-16(14)12-25-21(26)17-7-9-20(24-13-17)27-19-5-3-2-4-15(19)11-23/h2-10,13H,12H2,1H3,(H,25,26). The molecule has 1 amide bonds. The Morgan fingerprint density at radius 2 is 2.04 bits per heavy atom. The predicted octanol–water partition coefficient (Wildman–Crippen LogP) is 4.64. The molecule has 3 aromatic rings. The van der Waals surface area contributed by atoms with E-state index in [9.17, 15) is 4.79 Å². The van der Waals surface area contributed by atoms with Gasteiger partial charge in [-0.05, 0) is 48.4 Å². The summed E-state index contributed by atoms with van der Waals surface area (Å²) in [6.45, 7) is 2.34. The molecule has 134 valence electrons. The number of halogens is 1. The van der Waals surface area contributed by atoms with E-state index in [4.69, 9.17) is 21.6 Å². The highest BCUT2D eigenvalue weighted by Gasteiger charge is 2.09. The van der Waals surface area contributed by atoms with E-state index in [1.807, 2.05) is 19.1 Å². The summed E-state index contributed by atoms with van der Waals surface area (Å²) in [5, 5.41) is 12.6. The van der Waals surface area contributed by atoms with E-state index in [2.05, 4.69) is 16.4 Å². The van der Waals surface area contributed by atoms with Crippen molar-refractivity contribution in [3.05, 3.63) is 88.1 Å². The summed E-state index contributed by atoms with van der Waals surface area (Å²) in [4.78, 5) is 16.4. The molecule has 1 N–H and O–H groups in total. The van der Waals surface area contributed by atoms with Crippen LogP contribution in [0.5, 0.6) is 11.6 Å². The molecule has 0 saturated heterocycles. The molecule has 0 saturated carbocycles. The number of hydrogen-bond donors (Lipinski definition) is 1. The lowest BCUT2D eigenvalue weighted by Crippen LogP contribution is -2.23. The number of aryl methyl sites for hydroxylation is 1. The van der Waals surface area contributed by atoms with Gasteiger partial charge in [-0.15, -0.1) is 0 Å². The average Bonchev–Trinajstić information content (AvgIpc) is 2.68. The Labute approximate surface area is 162 Å². The molecule has 0 aliphatic heterocycles. The zero-order valence-electron chi connectivity index (χ0n) is 14.6. The number of carbonyl (C=O) groups is 1. The van der Waals surface area contributed by atoms with Crippen LogP contribution in [-0.2, 0) is 6.54 Å². The summed E-state index contributed by atoms with van der Waals surface area (Å²) < 4.78 is 5.61. The minimum Gasteiger partial charge on any atom is -0.438 e. The number of hydrogen-bond acceptors (Lipinski definition) is 4. The molecule has 0 aliphatic carbocycles. The molecule has 3 rings (SSSR count). The van der Waals surface area contributed by atoms with Crippen LogP contribution < -0.4 is 10.1 Å². The molecule has 6 heteroatoms. The van der Waals surface area contributed by atoms with E-state index < -0.39 is 0 Å². The zero-order valence-corrected chi connectivity index (χ0v) is 15.3. The first-order valence-corrected chi connectivity index (χ1v) is 8.61. The maximum atomic E-state index is 12.3. The fraction of sp³-hybridized carbons (Fsp3) is 0.0952. The Kier molecular flexibility index (Phi) is 5.70. The van der Waals surface area contributed by atoms with Crippen molar-refractivity contribution in [1.82, 2.24) is 10.3 Å². The van der Waals surface area contributed by atoms with Crippen LogP contribution in [0.2, 0.25) is 5.02 Å². The second kappa shape index (κ2) is 8.35. The van der Waals surface area contributed by atoms with Gasteiger partial charge in [0.15, 0.2) is 0 Å². The molecular formula is C21H16ClN3O2. The van der Waals surface area contributed by atoms with Crippen molar-refractivity contribution in [3.8, 4) is 17.7 Å². The van der Waals surface area contributed by atoms with Gasteiger partial charge in [0.2, 0.25) is 5.88 Å². The van der Waals surface area contributed by atoms with Crippen LogP contribution in [0.4, 0.5) is 0 Å². The molecule has 0 bridgehead atoms. The third-order valence-corrected chi connectivity index (χ3v) is 4.20. The smallest absolute Gasteiger partial charge is 0.253 e. The van der Waals surface area contributed by atoms with Gasteiger partial charge in [0.1, 0.15) is 11.8 Å². The number of nitrogens with one attached hydrogen (secondary N) is 1. The van der Waals surface area contributed by atoms with Crippen molar-refractivity contribution in [2.45, 2.75) is 13.5 Å². The van der Waals surface area contributed by atoms with E-state index in [0.29, 0.717) is 34.3 Å². The van der Waals surface area contributed by atoms with Gasteiger partial charge in [-0.2, -0.15) is 5.26 Å². The quantitative estimate of drug-likeness (QED) is 0.703. The number of amides is 1. The molecule has 2 aromatic carbocycles. The normalized spacial score (nSPS) is 10.1. The molecular weight excluding hydrogens is 362 g/mol. The Morgan fingerprint density at radius 3 is 2.74 bits per heavy atom. The van der Waals surface area contributed by atoms with Crippen LogP contribution in [0.1, 0.15) is 27.0 Å². The molecule has 0 unspecified atom stereocenters. The van der Waals surface area contributed by atoms with Crippen LogP contribution in [0.15, 0.2) is 60.8 Å². The highest BCUT2D eigenvalue weighted by Crippen LogP contribution is 2.23. The maximum absolute atomic E-state index is 12.3. The molecule has 1 aromatic heterocycles. The topological polar surface area (TPSA) is 75.0 Å². The van der Waals surface area contributed by atoms with Gasteiger partial charge in [0, 0.05) is 23.8 Å². The van der Waals surface area contributed by atoms with Gasteiger partial charge in [0.25, 0.3) is 5.91 Å². The Balaban J connectivity index is 1.64. The van der Waals surface area contributed by atoms with Crippen molar-refractivity contribution in [2.75, 3.05) is 0 Å². The average molecular weight is 378 g/mol. The zero-order chi connectivity index (χ0) is 19.2. The van der Waals surface area contributed by atoms with Gasteiger partial charge in [0.05, 0.1) is 11.1 Å². The number of rotatable bonds is 5. The first-order valence-electron chi connectivity index (χ1n) is 8.23. The maximum Gasteiger partial charge on any atom is 0.253 e. The fourth-order valence-corrected chi connectivity index (χ4v) is 2.70. The summed E-state index contributed by atoms with van der Waals surface area (Å²) in [5.41, 5.74) is 2.84. The van der Waals surface area contributed by atoms with Crippen molar-refractivity contribution in [2.24, 2.45) is 0 Å². The second-order valence-corrected chi connectivity index (χ2v) is 6.29. The lowest BCUT2D eigenvalue weighted by Gasteiger charge is -2.09. The van der Waals surface area contributed by atoms with Gasteiger partial charge in [-0.25, -0.2) is 4.98 Å². The molecule has 1 heterocycles. The van der Waals surface area contributed by atoms with Crippen LogP contribution in [-0.4, -0.2) is 10.9 Å². The Hall–Kier alpha value is -3.36. The lowest BCUT2D eigenvalue weighted by atomic mass is 10.1. The van der Waals surface area contributed by atoms with E-state index in [0.717, 1.165) is 11.1 Å². The van der Waals surface area contributed by atoms with E-state index in [1.165, 1.54) is 6.20 Å². The van der Waals surface area contributed by atoms with Gasteiger partial charge in [-0.1, -0.05) is 29.8 Å². The number of benzene rings is 2. The summed E-state index contributed by atoms with van der Waals surface area (Å²) in [5.74, 6) is 0.492. The Bertz CT molecular complexity index is 1010. The molecule has 0 spiro atoms. The highest BCUT2D eigenvalue weighted by atomic mass is 35.5. The predicted molar refractivity (Wildman–Crippen MR) is 103 cm³/mol. The summed E-state index contributed by atoms with van der Waals surface area (Å²) in [6.07, 6.45) is 1.44. The number of para-hydroxylation sites is 1. The third kappa shape index (κ3) is 4.63. The number of nitrogens with zero attached hydrogens (tertiary/aromatic N) is 2. The molecule has 0 atom stereocenters. The SMILES string of the molecule is Cc1cc(Cl)ccc1CNC(=O)c1ccc(Oc2ccccc2C#N)nc1. The van der Waals surface area contributed by atoms with E-state index >= 15 is 0 Å². The lowest BCUT2D eigenvalue weighted by molar-refractivity contribution is 0.0950. The van der Waals surface area contributed by atoms with Crippen LogP contribution >= 0.6 is 11.6 Å². The van der Waals surface area contributed by atoms with Crippen LogP contribution in [0.3, 0.4) is 0 Å². The first kappa shape index (κ1) is 18.4. The molecule has 5 nitrogen and oxygen atoms in total. The summed E-state index contributed by atoms with van der Waals surface area (Å²) in [7, 11) is 0. The first-order chi connectivity index (χ1) is 13.1. The summed E-state index contributed by atoms with van der Waals surface area (Å²) >= 11 is 5.94. The highest BCUT2D eigenvalue weighted by molar-refractivity contribution is 6.30. The van der Waals surface area contributed by atoms with Crippen molar-refractivity contribution >= 4 is 17.5 Å². The Morgan fingerprint density at radius 1 is 1.22 bits per heavy atom. The largest absolute Gasteiger partial charge is 0.438 e. The van der Waals surface area contributed by atoms with Crippen molar-refractivity contribution in [1.29, 1.82) is 5.26 Å². The molecule has 0 aliphatic rings. The summed E-state index contributed by atoms with van der Waals surface area (Å²) in [6, 6.07) is 17.7. The number of ether oxygens (including phenoxy) is 1. The van der Waals surface area contributed by atoms with Crippen LogP contribution in [0.25, 0.3) is 0 Å². The van der Waals surface area contributed by atoms with E-state index in [-0.39, 0.29) is 5.91 Å². The number of pyridine rings is 1. The second-order valence-electron chi connectivity index (χ2n) is 5.85. The van der Waals surface area contributed by atoms with Gasteiger partial charge < -0.3 is 10.1 Å².